The Bertz CT molecular complexity index is 839. The summed E-state index contributed by atoms with van der Waals surface area (Å²) in [5.74, 6) is 0.453. The Morgan fingerprint density at radius 1 is 1.04 bits per heavy atom. The zero-order valence-corrected chi connectivity index (χ0v) is 13.9. The van der Waals surface area contributed by atoms with Crippen molar-refractivity contribution in [2.75, 3.05) is 19.6 Å². The van der Waals surface area contributed by atoms with E-state index in [4.69, 9.17) is 9.47 Å². The first kappa shape index (κ1) is 18.8. The lowest BCUT2D eigenvalue weighted by molar-refractivity contribution is -0.137. The molecule has 0 saturated heterocycles. The molecule has 0 saturated carbocycles. The molecular formula is C14H14F3N3O4S. The Labute approximate surface area is 141 Å². The zero-order chi connectivity index (χ0) is 18.7. The predicted octanol–water partition coefficient (Wildman–Crippen LogP) is 2.42. The van der Waals surface area contributed by atoms with Gasteiger partial charge in [-0.05, 0) is 24.3 Å². The maximum atomic E-state index is 12.5. The molecule has 0 radical (unpaired) electrons. The summed E-state index contributed by atoms with van der Waals surface area (Å²) < 4.78 is 71.8. The van der Waals surface area contributed by atoms with Gasteiger partial charge in [0.2, 0.25) is 0 Å². The first-order valence-electron chi connectivity index (χ1n) is 6.70. The zero-order valence-electron chi connectivity index (χ0n) is 13.1. The number of hydrogen-bond donors (Lipinski definition) is 2. The average Bonchev–Trinajstić information content (AvgIpc) is 2.59. The molecule has 0 spiro atoms. The van der Waals surface area contributed by atoms with Crippen LogP contribution in [0.15, 0.2) is 41.4 Å². The van der Waals surface area contributed by atoms with Gasteiger partial charge in [0.05, 0.1) is 24.7 Å². The summed E-state index contributed by atoms with van der Waals surface area (Å²) in [5.41, 5.74) is 1.30. The molecule has 0 aliphatic carbocycles. The highest BCUT2D eigenvalue weighted by molar-refractivity contribution is 7.89. The molecule has 0 atom stereocenters. The smallest absolute Gasteiger partial charge is 0.417 e. The minimum Gasteiger partial charge on any atom is -0.493 e. The Hall–Kier alpha value is -2.53. The fourth-order valence-electron chi connectivity index (χ4n) is 1.80. The number of alkyl halides is 3. The molecule has 2 rings (SSSR count). The first-order chi connectivity index (χ1) is 11.7. The molecule has 0 fully saturated rings. The van der Waals surface area contributed by atoms with Crippen LogP contribution in [-0.2, 0) is 16.2 Å². The highest BCUT2D eigenvalue weighted by atomic mass is 32.2. The van der Waals surface area contributed by atoms with E-state index in [-0.39, 0.29) is 16.5 Å². The van der Waals surface area contributed by atoms with Crippen molar-refractivity contribution >= 4 is 15.8 Å². The van der Waals surface area contributed by atoms with Gasteiger partial charge in [-0.1, -0.05) is 0 Å². The summed E-state index contributed by atoms with van der Waals surface area (Å²) in [5, 5.41) is 0. The van der Waals surface area contributed by atoms with Gasteiger partial charge < -0.3 is 9.47 Å². The summed E-state index contributed by atoms with van der Waals surface area (Å²) in [4.78, 5) is 5.39. The lowest BCUT2D eigenvalue weighted by Crippen LogP contribution is -2.30. The minimum absolute atomic E-state index is 0.1000. The molecule has 1 aromatic carbocycles. The Morgan fingerprint density at radius 2 is 1.72 bits per heavy atom. The quantitative estimate of drug-likeness (QED) is 0.752. The van der Waals surface area contributed by atoms with E-state index in [1.807, 2.05) is 4.83 Å². The van der Waals surface area contributed by atoms with Gasteiger partial charge in [-0.3, -0.25) is 5.43 Å². The van der Waals surface area contributed by atoms with E-state index in [1.54, 1.807) is 0 Å². The third kappa shape index (κ3) is 4.51. The van der Waals surface area contributed by atoms with Crippen molar-refractivity contribution in [1.82, 2.24) is 9.82 Å². The van der Waals surface area contributed by atoms with Gasteiger partial charge in [-0.2, -0.15) is 13.2 Å². The number of hydrazine groups is 1. The van der Waals surface area contributed by atoms with Crippen LogP contribution in [0.3, 0.4) is 0 Å². The van der Waals surface area contributed by atoms with E-state index >= 15 is 0 Å². The van der Waals surface area contributed by atoms with Gasteiger partial charge in [-0.15, -0.1) is 4.83 Å². The van der Waals surface area contributed by atoms with Crippen molar-refractivity contribution in [3.63, 3.8) is 0 Å². The largest absolute Gasteiger partial charge is 0.493 e. The van der Waals surface area contributed by atoms with Crippen LogP contribution in [0.1, 0.15) is 5.56 Å². The van der Waals surface area contributed by atoms with E-state index < -0.39 is 21.8 Å². The lowest BCUT2D eigenvalue weighted by atomic mass is 10.3. The van der Waals surface area contributed by atoms with Crippen molar-refractivity contribution in [3.05, 3.63) is 42.1 Å². The second kappa shape index (κ2) is 7.15. The van der Waals surface area contributed by atoms with E-state index in [2.05, 4.69) is 10.4 Å². The third-order valence-electron chi connectivity index (χ3n) is 3.07. The van der Waals surface area contributed by atoms with Gasteiger partial charge in [0.25, 0.3) is 10.0 Å². The van der Waals surface area contributed by atoms with E-state index in [0.717, 1.165) is 12.1 Å². The van der Waals surface area contributed by atoms with Gasteiger partial charge in [-0.25, -0.2) is 13.4 Å². The Morgan fingerprint density at radius 3 is 2.24 bits per heavy atom. The number of ether oxygens (including phenoxy) is 2. The number of methoxy groups -OCH3 is 2. The number of nitrogens with zero attached hydrogens (tertiary/aromatic N) is 1. The van der Waals surface area contributed by atoms with Crippen molar-refractivity contribution in [2.24, 2.45) is 0 Å². The SMILES string of the molecule is COc1ccc(S(=O)(=O)NNc2ccc(C(F)(F)F)cn2)cc1OC. The van der Waals surface area contributed by atoms with Crippen LogP contribution >= 0.6 is 0 Å². The maximum Gasteiger partial charge on any atom is 0.417 e. The van der Waals surface area contributed by atoms with Crippen LogP contribution in [0.5, 0.6) is 11.5 Å². The minimum atomic E-state index is -4.52. The molecule has 7 nitrogen and oxygen atoms in total. The monoisotopic (exact) mass is 377 g/mol. The van der Waals surface area contributed by atoms with Gasteiger partial charge in [0.15, 0.2) is 11.5 Å². The predicted molar refractivity (Wildman–Crippen MR) is 82.7 cm³/mol. The molecule has 1 heterocycles. The van der Waals surface area contributed by atoms with Crippen LogP contribution < -0.4 is 19.7 Å². The average molecular weight is 377 g/mol. The van der Waals surface area contributed by atoms with Crippen molar-refractivity contribution in [1.29, 1.82) is 0 Å². The molecule has 2 aromatic rings. The molecule has 0 bridgehead atoms. The van der Waals surface area contributed by atoms with E-state index in [0.29, 0.717) is 11.9 Å². The third-order valence-corrected chi connectivity index (χ3v) is 4.31. The molecule has 0 unspecified atom stereocenters. The molecule has 11 heteroatoms. The fraction of sp³-hybridized carbons (Fsp3) is 0.214. The topological polar surface area (TPSA) is 89.6 Å². The number of nitrogens with one attached hydrogen (secondary N) is 2. The molecule has 2 N–H and O–H groups in total. The van der Waals surface area contributed by atoms with Crippen LogP contribution in [0, 0.1) is 0 Å². The highest BCUT2D eigenvalue weighted by Gasteiger charge is 2.30. The second-order valence-corrected chi connectivity index (χ2v) is 6.36. The number of aromatic nitrogens is 1. The summed E-state index contributed by atoms with van der Waals surface area (Å²) in [7, 11) is -1.26. The molecule has 0 aliphatic heterocycles. The normalized spacial score (nSPS) is 11.9. The van der Waals surface area contributed by atoms with E-state index in [9.17, 15) is 21.6 Å². The summed E-state index contributed by atoms with van der Waals surface area (Å²) in [6, 6.07) is 5.71. The maximum absolute atomic E-state index is 12.5. The van der Waals surface area contributed by atoms with Crippen molar-refractivity contribution in [3.8, 4) is 11.5 Å². The van der Waals surface area contributed by atoms with Crippen LogP contribution in [0.25, 0.3) is 0 Å². The van der Waals surface area contributed by atoms with E-state index in [1.165, 1.54) is 32.4 Å². The van der Waals surface area contributed by atoms with Gasteiger partial charge in [0.1, 0.15) is 5.82 Å². The molecule has 136 valence electrons. The van der Waals surface area contributed by atoms with Crippen LogP contribution in [-0.4, -0.2) is 27.6 Å². The number of pyridine rings is 1. The second-order valence-electron chi connectivity index (χ2n) is 4.68. The number of sulfonamides is 1. The Balaban J connectivity index is 2.14. The fourth-order valence-corrected chi connectivity index (χ4v) is 2.66. The summed E-state index contributed by atoms with van der Waals surface area (Å²) >= 11 is 0. The number of halogens is 3. The van der Waals surface area contributed by atoms with Crippen molar-refractivity contribution in [2.45, 2.75) is 11.1 Å². The van der Waals surface area contributed by atoms with Crippen LogP contribution in [0.4, 0.5) is 19.0 Å². The number of anilines is 1. The molecule has 0 amide bonds. The molecular weight excluding hydrogens is 363 g/mol. The molecule has 1 aromatic heterocycles. The van der Waals surface area contributed by atoms with Gasteiger partial charge >= 0.3 is 6.18 Å². The highest BCUT2D eigenvalue weighted by Crippen LogP contribution is 2.30. The van der Waals surface area contributed by atoms with Gasteiger partial charge in [0, 0.05) is 12.3 Å². The number of rotatable bonds is 6. The number of benzene rings is 1. The first-order valence-corrected chi connectivity index (χ1v) is 8.19. The summed E-state index contributed by atoms with van der Waals surface area (Å²) in [6.07, 6.45) is -3.93. The molecule has 25 heavy (non-hydrogen) atoms. The standard InChI is InChI=1S/C14H14F3N3O4S/c1-23-11-5-4-10(7-12(11)24-2)25(21,22)20-19-13-6-3-9(8-18-13)14(15,16)17/h3-8,20H,1-2H3,(H,18,19). The Kier molecular flexibility index (Phi) is 5.38. The van der Waals surface area contributed by atoms with Crippen LogP contribution in [0.2, 0.25) is 0 Å². The molecule has 0 aliphatic rings. The summed E-state index contributed by atoms with van der Waals surface area (Å²) in [6.45, 7) is 0. The lowest BCUT2D eigenvalue weighted by Gasteiger charge is -2.12. The number of hydrogen-bond acceptors (Lipinski definition) is 6. The van der Waals surface area contributed by atoms with Crippen molar-refractivity contribution < 1.29 is 31.1 Å².